The van der Waals surface area contributed by atoms with Crippen LogP contribution in [0.5, 0.6) is 0 Å². The van der Waals surface area contributed by atoms with Crippen LogP contribution in [0, 0.1) is 0 Å². The minimum absolute atomic E-state index is 0.475. The van der Waals surface area contributed by atoms with Crippen molar-refractivity contribution in [2.45, 2.75) is 10.8 Å². The van der Waals surface area contributed by atoms with E-state index in [0.29, 0.717) is 11.8 Å². The van der Waals surface area contributed by atoms with Gasteiger partial charge in [0.1, 0.15) is 0 Å². The maximum atomic E-state index is 6.13. The van der Waals surface area contributed by atoms with Crippen molar-refractivity contribution in [1.82, 2.24) is 20.2 Å². The average molecular weight is 1140 g/mol. The van der Waals surface area contributed by atoms with Gasteiger partial charge >= 0.3 is 0 Å². The Balaban J connectivity index is 0.876. The molecular weight excluding hydrogens is 1080 g/mol. The molecule has 2 aliphatic rings. The molecule has 15 aromatic rings. The lowest BCUT2D eigenvalue weighted by molar-refractivity contribution is 0.584. The van der Waals surface area contributed by atoms with Gasteiger partial charge in [0.05, 0.1) is 33.3 Å². The van der Waals surface area contributed by atoms with Gasteiger partial charge in [-0.1, -0.05) is 291 Å². The highest BCUT2D eigenvalue weighted by molar-refractivity contribution is 6.04. The van der Waals surface area contributed by atoms with E-state index >= 15 is 0 Å². The van der Waals surface area contributed by atoms with Crippen molar-refractivity contribution in [3.63, 3.8) is 0 Å². The summed E-state index contributed by atoms with van der Waals surface area (Å²) in [6.45, 7) is 0. The van der Waals surface area contributed by atoms with Gasteiger partial charge in [-0.25, -0.2) is 9.97 Å². The van der Waals surface area contributed by atoms with Crippen LogP contribution in [0.4, 0.5) is 0 Å². The number of hydrogen-bond acceptors (Lipinski definition) is 5. The number of hydrogen-bond donors (Lipinski definition) is 0. The minimum atomic E-state index is -0.593. The van der Waals surface area contributed by atoms with Crippen LogP contribution in [0.1, 0.15) is 44.5 Å². The van der Waals surface area contributed by atoms with E-state index in [1.807, 2.05) is 42.5 Å². The van der Waals surface area contributed by atoms with E-state index in [2.05, 4.69) is 295 Å². The molecule has 2 heterocycles. The van der Waals surface area contributed by atoms with Gasteiger partial charge in [0.2, 0.25) is 11.8 Å². The Morgan fingerprint density at radius 1 is 0.213 bits per heavy atom. The number of nitrogens with zero attached hydrogens (tertiary/aromatic N) is 4. The average Bonchev–Trinajstić information content (AvgIpc) is 1.58. The molecule has 5 nitrogen and oxygen atoms in total. The molecule has 0 atom stereocenters. The summed E-state index contributed by atoms with van der Waals surface area (Å²) >= 11 is 0. The Kier molecular flexibility index (Phi) is 12.3. The third kappa shape index (κ3) is 8.24. The molecule has 17 rings (SSSR count). The van der Waals surface area contributed by atoms with Crippen molar-refractivity contribution in [3.8, 4) is 101 Å². The van der Waals surface area contributed by atoms with Crippen LogP contribution in [-0.4, -0.2) is 20.2 Å². The summed E-state index contributed by atoms with van der Waals surface area (Å²) in [6.07, 6.45) is 0. The van der Waals surface area contributed by atoms with E-state index in [1.165, 1.54) is 66.8 Å². The Bertz CT molecular complexity index is 5070. The third-order valence-corrected chi connectivity index (χ3v) is 18.5. The third-order valence-electron chi connectivity index (χ3n) is 18.5. The zero-order chi connectivity index (χ0) is 58.9. The van der Waals surface area contributed by atoms with Crippen molar-refractivity contribution >= 4 is 11.0 Å². The second-order valence-corrected chi connectivity index (χ2v) is 23.2. The Labute approximate surface area is 516 Å². The summed E-state index contributed by atoms with van der Waals surface area (Å²) in [5.41, 5.74) is 26.7. The van der Waals surface area contributed by atoms with Crippen LogP contribution in [0.15, 0.2) is 332 Å². The fraction of sp³-hybridized carbons (Fsp3) is 0.0238. The van der Waals surface area contributed by atoms with Crippen LogP contribution < -0.4 is 0 Å². The summed E-state index contributed by atoms with van der Waals surface area (Å²) in [7, 11) is 0. The lowest BCUT2D eigenvalue weighted by Crippen LogP contribution is -2.28. The van der Waals surface area contributed by atoms with E-state index < -0.39 is 10.8 Å². The molecule has 416 valence electrons. The molecule has 2 aliphatic carbocycles. The lowest BCUT2D eigenvalue weighted by Gasteiger charge is -2.34. The van der Waals surface area contributed by atoms with Crippen LogP contribution in [0.25, 0.3) is 112 Å². The lowest BCUT2D eigenvalue weighted by atomic mass is 9.67. The zero-order valence-corrected chi connectivity index (χ0v) is 48.4. The summed E-state index contributed by atoms with van der Waals surface area (Å²) < 4.78 is 6.13. The normalized spacial score (nSPS) is 13.1. The Morgan fingerprint density at radius 2 is 0.494 bits per heavy atom. The highest BCUT2D eigenvalue weighted by Crippen LogP contribution is 2.59. The molecule has 0 fully saturated rings. The minimum Gasteiger partial charge on any atom is -0.416 e. The van der Waals surface area contributed by atoms with Gasteiger partial charge in [-0.15, -0.1) is 10.2 Å². The van der Waals surface area contributed by atoms with Gasteiger partial charge in [0.25, 0.3) is 0 Å². The first-order valence-corrected chi connectivity index (χ1v) is 30.3. The molecule has 0 radical (unpaired) electrons. The molecule has 0 amide bonds. The Morgan fingerprint density at radius 3 is 0.899 bits per heavy atom. The molecule has 5 heteroatoms. The molecule has 0 aliphatic heterocycles. The first kappa shape index (κ1) is 51.7. The zero-order valence-electron chi connectivity index (χ0n) is 48.4. The van der Waals surface area contributed by atoms with Crippen LogP contribution in [-0.2, 0) is 10.8 Å². The molecule has 0 spiro atoms. The monoisotopic (exact) mass is 1130 g/mol. The van der Waals surface area contributed by atoms with E-state index in [1.54, 1.807) is 0 Å². The first-order valence-electron chi connectivity index (χ1n) is 30.3. The summed E-state index contributed by atoms with van der Waals surface area (Å²) in [6, 6.07) is 118. The van der Waals surface area contributed by atoms with Crippen molar-refractivity contribution in [2.75, 3.05) is 0 Å². The van der Waals surface area contributed by atoms with Crippen LogP contribution >= 0.6 is 0 Å². The first-order chi connectivity index (χ1) is 44.1. The van der Waals surface area contributed by atoms with E-state index in [4.69, 9.17) is 14.4 Å². The maximum Gasteiger partial charge on any atom is 0.248 e. The standard InChI is InChI=1S/C84H54N4O/c1-7-23-57(24-8-1)77-78(58-43-39-55(40-44-58)56-41-45-60(46-42-56)82-88-87-81(89-82)59-25-9-2-10-26-59)86-80-68(62-48-50-72-70-36-20-22-38-74(70)84(76(72)54-62,65-31-15-5-16-32-65)66-33-17-6-18-34-66)52-51-67(79(80)85-77)61-47-49-71-69-35-19-21-37-73(69)83(75(71)53-61,63-27-11-3-12-28-63)64-29-13-4-14-30-64/h1-54H. The molecular formula is C84H54N4O. The second-order valence-electron chi connectivity index (χ2n) is 23.2. The Hall–Kier alpha value is -11.7. The largest absolute Gasteiger partial charge is 0.416 e. The molecule has 0 saturated heterocycles. The number of rotatable bonds is 11. The van der Waals surface area contributed by atoms with Gasteiger partial charge < -0.3 is 4.42 Å². The van der Waals surface area contributed by atoms with Gasteiger partial charge in [-0.3, -0.25) is 0 Å². The molecule has 0 saturated carbocycles. The number of aromatic nitrogens is 4. The summed E-state index contributed by atoms with van der Waals surface area (Å²) in [5, 5.41) is 8.73. The molecule has 2 aromatic heterocycles. The molecule has 13 aromatic carbocycles. The van der Waals surface area contributed by atoms with Crippen molar-refractivity contribution in [2.24, 2.45) is 0 Å². The van der Waals surface area contributed by atoms with Crippen LogP contribution in [0.3, 0.4) is 0 Å². The number of benzene rings is 13. The number of fused-ring (bicyclic) bond motifs is 7. The highest BCUT2D eigenvalue weighted by Gasteiger charge is 2.48. The fourth-order valence-electron chi connectivity index (χ4n) is 14.5. The topological polar surface area (TPSA) is 64.7 Å². The fourth-order valence-corrected chi connectivity index (χ4v) is 14.5. The SMILES string of the molecule is c1ccc(-c2nnc(-c3ccc(-c4ccc(-c5nc6c(-c7ccc8c(c7)C(c7ccccc7)(c7ccccc7)c7ccccc7-8)ccc(-c7ccc8c(c7)C(c7ccccc7)(c7ccccc7)c7ccccc7-8)c6nc5-c5ccccc5)cc4)cc3)o2)cc1. The van der Waals surface area contributed by atoms with Gasteiger partial charge in [0.15, 0.2) is 0 Å². The molecule has 0 unspecified atom stereocenters. The molecule has 0 bridgehead atoms. The molecule has 89 heavy (non-hydrogen) atoms. The van der Waals surface area contributed by atoms with Crippen LogP contribution in [0.2, 0.25) is 0 Å². The van der Waals surface area contributed by atoms with Gasteiger partial charge in [-0.05, 0) is 125 Å². The predicted molar refractivity (Wildman–Crippen MR) is 360 cm³/mol. The second kappa shape index (κ2) is 21.1. The maximum absolute atomic E-state index is 6.13. The summed E-state index contributed by atoms with van der Waals surface area (Å²) in [5.74, 6) is 0.965. The van der Waals surface area contributed by atoms with Crippen molar-refractivity contribution < 1.29 is 4.42 Å². The highest BCUT2D eigenvalue weighted by atomic mass is 16.4. The predicted octanol–water partition coefficient (Wildman–Crippen LogP) is 20.4. The van der Waals surface area contributed by atoms with Gasteiger partial charge in [-0.2, -0.15) is 0 Å². The smallest absolute Gasteiger partial charge is 0.248 e. The quantitative estimate of drug-likeness (QED) is 0.129. The molecule has 0 N–H and O–H groups in total. The summed E-state index contributed by atoms with van der Waals surface area (Å²) in [4.78, 5) is 11.9. The van der Waals surface area contributed by atoms with Crippen molar-refractivity contribution in [1.29, 1.82) is 0 Å². The van der Waals surface area contributed by atoms with Crippen molar-refractivity contribution in [3.05, 3.63) is 372 Å². The van der Waals surface area contributed by atoms with E-state index in [0.717, 1.165) is 78.1 Å². The van der Waals surface area contributed by atoms with Gasteiger partial charge in [0, 0.05) is 33.4 Å². The van der Waals surface area contributed by atoms with E-state index in [-0.39, 0.29) is 0 Å². The van der Waals surface area contributed by atoms with E-state index in [9.17, 15) is 0 Å².